The van der Waals surface area contributed by atoms with Gasteiger partial charge in [-0.1, -0.05) is 12.8 Å². The van der Waals surface area contributed by atoms with Crippen LogP contribution in [0.5, 0.6) is 0 Å². The van der Waals surface area contributed by atoms with E-state index in [9.17, 15) is 4.39 Å². The van der Waals surface area contributed by atoms with Gasteiger partial charge in [-0.3, -0.25) is 0 Å². The second-order valence-electron chi connectivity index (χ2n) is 4.97. The normalized spacial score (nSPS) is 15.7. The summed E-state index contributed by atoms with van der Waals surface area (Å²) in [6.07, 6.45) is 5.82. The van der Waals surface area contributed by atoms with Crippen LogP contribution in [0.3, 0.4) is 0 Å². The van der Waals surface area contributed by atoms with Gasteiger partial charge in [-0.15, -0.1) is 0 Å². The molecule has 0 spiro atoms. The maximum Gasteiger partial charge on any atom is 0.180 e. The lowest BCUT2D eigenvalue weighted by molar-refractivity contribution is 0.621. The van der Waals surface area contributed by atoms with Crippen LogP contribution in [-0.4, -0.2) is 15.0 Å². The quantitative estimate of drug-likeness (QED) is 0.908. The van der Waals surface area contributed by atoms with Crippen molar-refractivity contribution < 1.29 is 4.39 Å². The summed E-state index contributed by atoms with van der Waals surface area (Å²) >= 11 is 3.48. The number of nitrogen functional groups attached to an aromatic ring is 1. The van der Waals surface area contributed by atoms with Crippen molar-refractivity contribution in [3.05, 3.63) is 34.3 Å². The van der Waals surface area contributed by atoms with Crippen molar-refractivity contribution in [1.29, 1.82) is 0 Å². The first-order valence-corrected chi connectivity index (χ1v) is 7.39. The molecular weight excluding hydrogens is 323 g/mol. The van der Waals surface area contributed by atoms with Crippen LogP contribution in [0.2, 0.25) is 0 Å². The number of anilines is 1. The van der Waals surface area contributed by atoms with E-state index in [1.807, 2.05) is 0 Å². The first-order chi connectivity index (χ1) is 9.65. The van der Waals surface area contributed by atoms with Gasteiger partial charge in [0, 0.05) is 5.92 Å². The fourth-order valence-electron chi connectivity index (χ4n) is 2.57. The highest BCUT2D eigenvalue weighted by Gasteiger charge is 2.23. The fourth-order valence-corrected chi connectivity index (χ4v) is 3.08. The Morgan fingerprint density at radius 2 is 1.95 bits per heavy atom. The Balaban J connectivity index is 2.05. The molecule has 1 fully saturated rings. The number of rotatable bonds is 2. The molecule has 1 saturated carbocycles. The summed E-state index contributed by atoms with van der Waals surface area (Å²) in [4.78, 5) is 12.8. The van der Waals surface area contributed by atoms with Crippen molar-refractivity contribution in [2.75, 3.05) is 5.73 Å². The van der Waals surface area contributed by atoms with Crippen LogP contribution < -0.4 is 5.73 Å². The zero-order valence-corrected chi connectivity index (χ0v) is 12.4. The first kappa shape index (κ1) is 13.4. The molecule has 1 aliphatic carbocycles. The van der Waals surface area contributed by atoms with Gasteiger partial charge in [-0.05, 0) is 40.9 Å². The van der Waals surface area contributed by atoms with Crippen LogP contribution in [0.25, 0.3) is 11.5 Å². The topological polar surface area (TPSA) is 64.7 Å². The van der Waals surface area contributed by atoms with Crippen LogP contribution in [0.15, 0.2) is 22.8 Å². The van der Waals surface area contributed by atoms with E-state index in [1.54, 1.807) is 6.07 Å². The Hall–Kier alpha value is -1.56. The van der Waals surface area contributed by atoms with Crippen molar-refractivity contribution >= 4 is 21.7 Å². The first-order valence-electron chi connectivity index (χ1n) is 6.60. The minimum absolute atomic E-state index is 0.380. The maximum atomic E-state index is 12.9. The van der Waals surface area contributed by atoms with E-state index in [1.165, 1.54) is 18.9 Å². The van der Waals surface area contributed by atoms with E-state index < -0.39 is 0 Å². The van der Waals surface area contributed by atoms with Crippen molar-refractivity contribution in [2.45, 2.75) is 31.6 Å². The number of pyridine rings is 1. The van der Waals surface area contributed by atoms with Gasteiger partial charge in [0.1, 0.15) is 17.3 Å². The van der Waals surface area contributed by atoms with Crippen LogP contribution in [0.1, 0.15) is 37.3 Å². The summed E-state index contributed by atoms with van der Waals surface area (Å²) in [5.74, 6) is 0.888. The highest BCUT2D eigenvalue weighted by Crippen LogP contribution is 2.38. The summed E-state index contributed by atoms with van der Waals surface area (Å²) in [6, 6.07) is 2.91. The zero-order chi connectivity index (χ0) is 14.1. The summed E-state index contributed by atoms with van der Waals surface area (Å²) in [7, 11) is 0. The Kier molecular flexibility index (Phi) is 3.65. The van der Waals surface area contributed by atoms with Crippen molar-refractivity contribution in [1.82, 2.24) is 15.0 Å². The number of aromatic nitrogens is 3. The molecular formula is C14H14BrFN4. The van der Waals surface area contributed by atoms with Crippen molar-refractivity contribution in [2.24, 2.45) is 0 Å². The molecule has 2 N–H and O–H groups in total. The molecule has 0 amide bonds. The number of hydrogen-bond donors (Lipinski definition) is 1. The number of hydrogen-bond acceptors (Lipinski definition) is 4. The Labute approximate surface area is 124 Å². The largest absolute Gasteiger partial charge is 0.383 e. The SMILES string of the molecule is Nc1nc(-c2ccc(F)cn2)nc(C2CCCC2)c1Br. The second-order valence-corrected chi connectivity index (χ2v) is 5.77. The lowest BCUT2D eigenvalue weighted by atomic mass is 10.0. The van der Waals surface area contributed by atoms with E-state index in [4.69, 9.17) is 5.73 Å². The van der Waals surface area contributed by atoms with E-state index in [2.05, 4.69) is 30.9 Å². The highest BCUT2D eigenvalue weighted by molar-refractivity contribution is 9.10. The van der Waals surface area contributed by atoms with E-state index in [0.29, 0.717) is 23.3 Å². The molecule has 0 unspecified atom stereocenters. The van der Waals surface area contributed by atoms with Gasteiger partial charge in [0.25, 0.3) is 0 Å². The van der Waals surface area contributed by atoms with Gasteiger partial charge >= 0.3 is 0 Å². The lowest BCUT2D eigenvalue weighted by Crippen LogP contribution is -2.06. The predicted octanol–water partition coefficient (Wildman–Crippen LogP) is 3.68. The van der Waals surface area contributed by atoms with Gasteiger partial charge in [0.15, 0.2) is 5.82 Å². The Morgan fingerprint density at radius 1 is 1.20 bits per heavy atom. The zero-order valence-electron chi connectivity index (χ0n) is 10.8. The van der Waals surface area contributed by atoms with Crippen LogP contribution in [0, 0.1) is 5.82 Å². The van der Waals surface area contributed by atoms with E-state index >= 15 is 0 Å². The monoisotopic (exact) mass is 336 g/mol. The third kappa shape index (κ3) is 2.52. The average molecular weight is 337 g/mol. The molecule has 0 aliphatic heterocycles. The molecule has 3 rings (SSSR count). The second kappa shape index (κ2) is 5.44. The summed E-state index contributed by atoms with van der Waals surface area (Å²) in [5.41, 5.74) is 7.43. The fraction of sp³-hybridized carbons (Fsp3) is 0.357. The molecule has 0 atom stereocenters. The molecule has 0 radical (unpaired) electrons. The van der Waals surface area contributed by atoms with Crippen molar-refractivity contribution in [3.63, 3.8) is 0 Å². The smallest absolute Gasteiger partial charge is 0.180 e. The molecule has 2 aromatic rings. The molecule has 20 heavy (non-hydrogen) atoms. The highest BCUT2D eigenvalue weighted by atomic mass is 79.9. The third-order valence-corrected chi connectivity index (χ3v) is 4.41. The summed E-state index contributed by atoms with van der Waals surface area (Å²) < 4.78 is 13.7. The average Bonchev–Trinajstić information content (AvgIpc) is 2.96. The molecule has 104 valence electrons. The van der Waals surface area contributed by atoms with Crippen molar-refractivity contribution in [3.8, 4) is 11.5 Å². The third-order valence-electron chi connectivity index (χ3n) is 3.60. The molecule has 0 aromatic carbocycles. The molecule has 4 nitrogen and oxygen atoms in total. The van der Waals surface area contributed by atoms with Crippen LogP contribution in [-0.2, 0) is 0 Å². The molecule has 6 heteroatoms. The summed E-state index contributed by atoms with van der Waals surface area (Å²) in [6.45, 7) is 0. The van der Waals surface area contributed by atoms with Gasteiger partial charge in [0.2, 0.25) is 0 Å². The van der Waals surface area contributed by atoms with E-state index in [0.717, 1.165) is 29.2 Å². The molecule has 2 aromatic heterocycles. The number of nitrogens with two attached hydrogens (primary N) is 1. The Morgan fingerprint density at radius 3 is 2.60 bits per heavy atom. The molecule has 0 bridgehead atoms. The van der Waals surface area contributed by atoms with Gasteiger partial charge in [-0.25, -0.2) is 19.3 Å². The Bertz CT molecular complexity index is 624. The molecule has 1 aliphatic rings. The number of nitrogens with zero attached hydrogens (tertiary/aromatic N) is 3. The standard InChI is InChI=1S/C14H14BrFN4/c15-11-12(8-3-1-2-4-8)19-14(20-13(11)17)10-6-5-9(16)7-18-10/h5-8H,1-4H2,(H2,17,19,20). The maximum absolute atomic E-state index is 12.9. The lowest BCUT2D eigenvalue weighted by Gasteiger charge is -2.13. The summed E-state index contributed by atoms with van der Waals surface area (Å²) in [5, 5.41) is 0. The van der Waals surface area contributed by atoms with Crippen LogP contribution >= 0.6 is 15.9 Å². The number of halogens is 2. The predicted molar refractivity (Wildman–Crippen MR) is 78.5 cm³/mol. The molecule has 2 heterocycles. The molecule has 0 saturated heterocycles. The van der Waals surface area contributed by atoms with Gasteiger partial charge in [-0.2, -0.15) is 0 Å². The minimum atomic E-state index is -0.380. The van der Waals surface area contributed by atoms with Crippen LogP contribution in [0.4, 0.5) is 10.2 Å². The van der Waals surface area contributed by atoms with E-state index in [-0.39, 0.29) is 5.82 Å². The van der Waals surface area contributed by atoms with Gasteiger partial charge < -0.3 is 5.73 Å². The minimum Gasteiger partial charge on any atom is -0.383 e. The van der Waals surface area contributed by atoms with Gasteiger partial charge in [0.05, 0.1) is 16.4 Å².